The van der Waals surface area contributed by atoms with E-state index in [-0.39, 0.29) is 24.4 Å². The van der Waals surface area contributed by atoms with Crippen molar-refractivity contribution in [2.45, 2.75) is 58.5 Å². The average molecular weight is 506 g/mol. The van der Waals surface area contributed by atoms with Crippen LogP contribution in [0.4, 0.5) is 0 Å². The van der Waals surface area contributed by atoms with Crippen molar-refractivity contribution >= 4 is 11.8 Å². The van der Waals surface area contributed by atoms with Gasteiger partial charge in [0.25, 0.3) is 0 Å². The lowest BCUT2D eigenvalue weighted by atomic mass is 9.71. The number of allylic oxidation sites excluding steroid dienone is 3. The van der Waals surface area contributed by atoms with Crippen LogP contribution in [0.25, 0.3) is 0 Å². The topological polar surface area (TPSA) is 83.1 Å². The van der Waals surface area contributed by atoms with E-state index in [2.05, 4.69) is 5.32 Å². The summed E-state index contributed by atoms with van der Waals surface area (Å²) in [7, 11) is 3.20. The first kappa shape index (κ1) is 26.3. The molecule has 0 aromatic heterocycles. The second kappa shape index (κ2) is 11.1. The molecule has 37 heavy (non-hydrogen) atoms. The molecule has 7 nitrogen and oxygen atoms in total. The zero-order valence-corrected chi connectivity index (χ0v) is 22.3. The van der Waals surface area contributed by atoms with Gasteiger partial charge in [0, 0.05) is 29.0 Å². The number of para-hydroxylation sites is 1. The monoisotopic (exact) mass is 505 g/mol. The summed E-state index contributed by atoms with van der Waals surface area (Å²) >= 11 is 0. The van der Waals surface area contributed by atoms with Crippen molar-refractivity contribution in [3.05, 3.63) is 76.1 Å². The van der Waals surface area contributed by atoms with Gasteiger partial charge in [-0.1, -0.05) is 24.3 Å². The molecule has 1 aliphatic heterocycles. The normalized spacial score (nSPS) is 19.4. The molecule has 0 amide bonds. The van der Waals surface area contributed by atoms with Crippen LogP contribution in [0.2, 0.25) is 0 Å². The van der Waals surface area contributed by atoms with Crippen molar-refractivity contribution in [3.8, 4) is 17.2 Å². The van der Waals surface area contributed by atoms with Gasteiger partial charge in [-0.3, -0.25) is 4.79 Å². The largest absolute Gasteiger partial charge is 0.493 e. The van der Waals surface area contributed by atoms with Gasteiger partial charge in [-0.15, -0.1) is 0 Å². The maximum absolute atomic E-state index is 13.9. The molecule has 0 fully saturated rings. The zero-order valence-electron chi connectivity index (χ0n) is 22.3. The molecular formula is C30H35NO6. The van der Waals surface area contributed by atoms with Gasteiger partial charge >= 0.3 is 5.97 Å². The Hall–Kier alpha value is -3.74. The van der Waals surface area contributed by atoms with Crippen molar-refractivity contribution in [1.29, 1.82) is 0 Å². The average Bonchev–Trinajstić information content (AvgIpc) is 2.87. The number of benzene rings is 2. The second-order valence-electron chi connectivity index (χ2n) is 9.56. The minimum absolute atomic E-state index is 0.00724. The van der Waals surface area contributed by atoms with Gasteiger partial charge < -0.3 is 24.3 Å². The highest BCUT2D eigenvalue weighted by atomic mass is 16.5. The van der Waals surface area contributed by atoms with E-state index in [1.54, 1.807) is 21.1 Å². The molecular weight excluding hydrogens is 470 g/mol. The lowest BCUT2D eigenvalue weighted by molar-refractivity contribution is -0.138. The highest BCUT2D eigenvalue weighted by Crippen LogP contribution is 2.48. The predicted molar refractivity (Wildman–Crippen MR) is 141 cm³/mol. The number of carbonyl (C=O) groups is 2. The maximum Gasteiger partial charge on any atom is 0.336 e. The lowest BCUT2D eigenvalue weighted by Crippen LogP contribution is -2.36. The molecule has 0 spiro atoms. The number of carbonyl (C=O) groups excluding carboxylic acids is 2. The van der Waals surface area contributed by atoms with Gasteiger partial charge in [0.05, 0.1) is 38.4 Å². The molecule has 2 aromatic rings. The fourth-order valence-corrected chi connectivity index (χ4v) is 5.25. The minimum Gasteiger partial charge on any atom is -0.493 e. The first-order valence-electron chi connectivity index (χ1n) is 12.7. The molecule has 0 saturated carbocycles. The molecule has 0 saturated heterocycles. The smallest absolute Gasteiger partial charge is 0.336 e. The summed E-state index contributed by atoms with van der Waals surface area (Å²) in [6.07, 6.45) is 0.867. The highest BCUT2D eigenvalue weighted by Gasteiger charge is 2.42. The van der Waals surface area contributed by atoms with Crippen molar-refractivity contribution < 1.29 is 28.5 Å². The molecule has 0 radical (unpaired) electrons. The van der Waals surface area contributed by atoms with Crippen molar-refractivity contribution in [3.63, 3.8) is 0 Å². The summed E-state index contributed by atoms with van der Waals surface area (Å²) < 4.78 is 22.4. The standard InChI is InChI=1S/C30H35NO6/c1-7-36-30(33)27-18(4)31-22-14-20(19-12-13-25(34-5)26(16-19)35-6)15-23(32)29(22)28(27)21-10-8-9-11-24(21)37-17(2)3/h8-13,16-17,20,28,31H,7,14-15H2,1-6H3. The van der Waals surface area contributed by atoms with Crippen molar-refractivity contribution in [1.82, 2.24) is 5.32 Å². The Morgan fingerprint density at radius 3 is 2.43 bits per heavy atom. The van der Waals surface area contributed by atoms with Crippen LogP contribution in [0.1, 0.15) is 63.5 Å². The number of dihydropyridines is 1. The summed E-state index contributed by atoms with van der Waals surface area (Å²) in [4.78, 5) is 27.1. The Morgan fingerprint density at radius 2 is 1.76 bits per heavy atom. The van der Waals surface area contributed by atoms with E-state index in [1.807, 2.05) is 63.2 Å². The number of esters is 1. The number of rotatable bonds is 8. The molecule has 1 aliphatic carbocycles. The molecule has 0 bridgehead atoms. The van der Waals surface area contributed by atoms with E-state index >= 15 is 0 Å². The number of hydrogen-bond acceptors (Lipinski definition) is 7. The Morgan fingerprint density at radius 1 is 1.03 bits per heavy atom. The van der Waals surface area contributed by atoms with E-state index in [0.717, 1.165) is 16.8 Å². The third-order valence-electron chi connectivity index (χ3n) is 6.79. The number of nitrogens with one attached hydrogen (secondary N) is 1. The fourth-order valence-electron chi connectivity index (χ4n) is 5.25. The molecule has 1 N–H and O–H groups in total. The predicted octanol–water partition coefficient (Wildman–Crippen LogP) is 5.42. The van der Waals surface area contributed by atoms with Crippen LogP contribution in [0.15, 0.2) is 65.0 Å². The molecule has 7 heteroatoms. The Balaban J connectivity index is 1.81. The number of ether oxygens (including phenoxy) is 4. The summed E-state index contributed by atoms with van der Waals surface area (Å²) in [5.41, 5.74) is 4.33. The Labute approximate surface area is 218 Å². The SMILES string of the molecule is CCOC(=O)C1=C(C)NC2=C(C(=O)CC(c3ccc(OC)c(OC)c3)C2)C1c1ccccc1OC(C)C. The third kappa shape index (κ3) is 5.22. The molecule has 2 unspecified atom stereocenters. The van der Waals surface area contributed by atoms with Crippen LogP contribution in [0.5, 0.6) is 17.2 Å². The van der Waals surface area contributed by atoms with Crippen LogP contribution in [0.3, 0.4) is 0 Å². The zero-order chi connectivity index (χ0) is 26.7. The van der Waals surface area contributed by atoms with E-state index in [9.17, 15) is 9.59 Å². The molecule has 2 aliphatic rings. The van der Waals surface area contributed by atoms with E-state index in [0.29, 0.717) is 46.9 Å². The number of ketones is 1. The highest BCUT2D eigenvalue weighted by molar-refractivity contribution is 6.04. The Bertz CT molecular complexity index is 1260. The third-order valence-corrected chi connectivity index (χ3v) is 6.79. The minimum atomic E-state index is -0.580. The fraction of sp³-hybridized carbons (Fsp3) is 0.400. The van der Waals surface area contributed by atoms with E-state index < -0.39 is 11.9 Å². The van der Waals surface area contributed by atoms with Crippen LogP contribution in [-0.2, 0) is 14.3 Å². The molecule has 2 aromatic carbocycles. The molecule has 1 heterocycles. The van der Waals surface area contributed by atoms with Gasteiger partial charge in [0.1, 0.15) is 5.75 Å². The van der Waals surface area contributed by atoms with Crippen LogP contribution in [-0.4, -0.2) is 38.7 Å². The van der Waals surface area contributed by atoms with E-state index in [1.165, 1.54) is 0 Å². The number of methoxy groups -OCH3 is 2. The van der Waals surface area contributed by atoms with Gasteiger partial charge in [-0.05, 0) is 63.8 Å². The van der Waals surface area contributed by atoms with Crippen molar-refractivity contribution in [2.75, 3.05) is 20.8 Å². The summed E-state index contributed by atoms with van der Waals surface area (Å²) in [6, 6.07) is 13.4. The number of Topliss-reactive ketones (excluding diaryl/α,β-unsaturated/α-hetero) is 1. The van der Waals surface area contributed by atoms with Gasteiger partial charge in [-0.2, -0.15) is 0 Å². The van der Waals surface area contributed by atoms with Crippen LogP contribution < -0.4 is 19.5 Å². The maximum atomic E-state index is 13.9. The first-order chi connectivity index (χ1) is 17.8. The summed E-state index contributed by atoms with van der Waals surface area (Å²) in [5.74, 6) is 0.861. The van der Waals surface area contributed by atoms with Crippen molar-refractivity contribution in [2.24, 2.45) is 0 Å². The van der Waals surface area contributed by atoms with Gasteiger partial charge in [-0.25, -0.2) is 4.79 Å². The van der Waals surface area contributed by atoms with Crippen LogP contribution in [0, 0.1) is 0 Å². The summed E-state index contributed by atoms with van der Waals surface area (Å²) in [6.45, 7) is 7.79. The van der Waals surface area contributed by atoms with Gasteiger partial charge in [0.15, 0.2) is 17.3 Å². The molecule has 4 rings (SSSR count). The Kier molecular flexibility index (Phi) is 7.91. The second-order valence-corrected chi connectivity index (χ2v) is 9.56. The van der Waals surface area contributed by atoms with Crippen LogP contribution >= 0.6 is 0 Å². The number of hydrogen-bond donors (Lipinski definition) is 1. The van der Waals surface area contributed by atoms with Gasteiger partial charge in [0.2, 0.25) is 0 Å². The molecule has 196 valence electrons. The summed E-state index contributed by atoms with van der Waals surface area (Å²) in [5, 5.41) is 3.39. The molecule has 2 atom stereocenters. The first-order valence-corrected chi connectivity index (χ1v) is 12.7. The quantitative estimate of drug-likeness (QED) is 0.480. The van der Waals surface area contributed by atoms with E-state index in [4.69, 9.17) is 18.9 Å². The lowest BCUT2D eigenvalue weighted by Gasteiger charge is -2.37.